The minimum absolute atomic E-state index is 0.109. The third-order valence-electron chi connectivity index (χ3n) is 2.11. The van der Waals surface area contributed by atoms with Gasteiger partial charge in [-0.1, -0.05) is 6.92 Å². The zero-order valence-electron chi connectivity index (χ0n) is 10.4. The lowest BCUT2D eigenvalue weighted by Crippen LogP contribution is -2.54. The average molecular weight is 217 g/mol. The van der Waals surface area contributed by atoms with Crippen molar-refractivity contribution in [2.24, 2.45) is 0 Å². The van der Waals surface area contributed by atoms with E-state index in [2.05, 4.69) is 5.32 Å². The van der Waals surface area contributed by atoms with Gasteiger partial charge in [0.25, 0.3) is 0 Å². The van der Waals surface area contributed by atoms with E-state index in [0.717, 1.165) is 13.0 Å². The first kappa shape index (κ1) is 14.4. The fourth-order valence-corrected chi connectivity index (χ4v) is 1.14. The Bertz CT molecular complexity index is 194. The first-order valence-electron chi connectivity index (χ1n) is 5.41. The lowest BCUT2D eigenvalue weighted by Gasteiger charge is -2.28. The number of esters is 1. The maximum absolute atomic E-state index is 11.6. The molecule has 0 aromatic heterocycles. The summed E-state index contributed by atoms with van der Waals surface area (Å²) in [6.45, 7) is 8.84. The van der Waals surface area contributed by atoms with Crippen LogP contribution < -0.4 is 5.32 Å². The molecule has 15 heavy (non-hydrogen) atoms. The smallest absolute Gasteiger partial charge is 0.328 e. The number of hydrogen-bond acceptors (Lipinski definition) is 4. The maximum Gasteiger partial charge on any atom is 0.328 e. The van der Waals surface area contributed by atoms with Crippen molar-refractivity contribution in [2.45, 2.75) is 45.8 Å². The van der Waals surface area contributed by atoms with Gasteiger partial charge < -0.3 is 14.8 Å². The summed E-state index contributed by atoms with van der Waals surface area (Å²) >= 11 is 0. The zero-order valence-corrected chi connectivity index (χ0v) is 10.4. The van der Waals surface area contributed by atoms with E-state index >= 15 is 0 Å². The molecule has 1 N–H and O–H groups in total. The molecule has 0 heterocycles. The first-order chi connectivity index (χ1) is 6.96. The summed E-state index contributed by atoms with van der Waals surface area (Å²) in [5.41, 5.74) is -0.741. The van der Waals surface area contributed by atoms with Gasteiger partial charge in [0.2, 0.25) is 0 Å². The Hall–Kier alpha value is -0.610. The van der Waals surface area contributed by atoms with Crippen molar-refractivity contribution in [3.63, 3.8) is 0 Å². The van der Waals surface area contributed by atoms with Crippen LogP contribution in [0.3, 0.4) is 0 Å². The molecule has 90 valence electrons. The molecule has 0 saturated carbocycles. The summed E-state index contributed by atoms with van der Waals surface area (Å²) in [6, 6.07) is 0. The van der Waals surface area contributed by atoms with Gasteiger partial charge in [-0.3, -0.25) is 0 Å². The summed E-state index contributed by atoms with van der Waals surface area (Å²) in [4.78, 5) is 11.6. The van der Waals surface area contributed by atoms with Crippen molar-refractivity contribution >= 4 is 5.97 Å². The van der Waals surface area contributed by atoms with Gasteiger partial charge in [0.1, 0.15) is 5.54 Å². The van der Waals surface area contributed by atoms with E-state index in [1.807, 2.05) is 20.8 Å². The normalized spacial score (nSPS) is 15.1. The molecule has 0 aromatic rings. The molecule has 0 bridgehead atoms. The third kappa shape index (κ3) is 5.14. The predicted molar refractivity (Wildman–Crippen MR) is 59.8 cm³/mol. The number of hydrogen-bond donors (Lipinski definition) is 1. The molecule has 1 unspecified atom stereocenters. The summed E-state index contributed by atoms with van der Waals surface area (Å²) in [6.07, 6.45) is 1.08. The van der Waals surface area contributed by atoms with E-state index in [0.29, 0.717) is 6.61 Å². The molecule has 0 radical (unpaired) electrons. The fraction of sp³-hybridized carbons (Fsp3) is 0.909. The van der Waals surface area contributed by atoms with Crippen LogP contribution in [0.5, 0.6) is 0 Å². The minimum Gasteiger partial charge on any atom is -0.468 e. The summed E-state index contributed by atoms with van der Waals surface area (Å²) < 4.78 is 10.2. The first-order valence-corrected chi connectivity index (χ1v) is 5.41. The van der Waals surface area contributed by atoms with E-state index in [4.69, 9.17) is 9.47 Å². The van der Waals surface area contributed by atoms with Crippen molar-refractivity contribution in [3.05, 3.63) is 0 Å². The molecule has 0 aliphatic rings. The van der Waals surface area contributed by atoms with Gasteiger partial charge in [-0.05, 0) is 33.7 Å². The molecule has 0 spiro atoms. The average Bonchev–Trinajstić information content (AvgIpc) is 2.22. The van der Waals surface area contributed by atoms with E-state index in [9.17, 15) is 4.79 Å². The van der Waals surface area contributed by atoms with Crippen LogP contribution in [0.1, 0.15) is 34.1 Å². The van der Waals surface area contributed by atoms with Gasteiger partial charge in [0.05, 0.1) is 19.8 Å². The topological polar surface area (TPSA) is 47.6 Å². The molecule has 0 fully saturated rings. The van der Waals surface area contributed by atoms with Crippen molar-refractivity contribution in [1.29, 1.82) is 0 Å². The molecule has 0 aliphatic heterocycles. The Morgan fingerprint density at radius 3 is 2.47 bits per heavy atom. The van der Waals surface area contributed by atoms with Gasteiger partial charge in [-0.15, -0.1) is 0 Å². The van der Waals surface area contributed by atoms with Crippen LogP contribution >= 0.6 is 0 Å². The monoisotopic (exact) mass is 217 g/mol. The van der Waals surface area contributed by atoms with E-state index in [1.54, 1.807) is 6.92 Å². The van der Waals surface area contributed by atoms with Crippen molar-refractivity contribution in [3.8, 4) is 0 Å². The Kier molecular flexibility index (Phi) is 6.52. The van der Waals surface area contributed by atoms with Crippen molar-refractivity contribution < 1.29 is 14.3 Å². The Morgan fingerprint density at radius 2 is 2.07 bits per heavy atom. The summed E-state index contributed by atoms with van der Waals surface area (Å²) in [5, 5.41) is 3.15. The molecule has 1 atom stereocenters. The van der Waals surface area contributed by atoms with Crippen LogP contribution in [0.2, 0.25) is 0 Å². The molecule has 4 heteroatoms. The van der Waals surface area contributed by atoms with Crippen LogP contribution in [0, 0.1) is 0 Å². The van der Waals surface area contributed by atoms with Crippen LogP contribution in [-0.4, -0.2) is 37.9 Å². The quantitative estimate of drug-likeness (QED) is 0.654. The third-order valence-corrected chi connectivity index (χ3v) is 2.11. The van der Waals surface area contributed by atoms with E-state index in [1.165, 1.54) is 7.11 Å². The molecular formula is C11H23NO3. The van der Waals surface area contributed by atoms with Gasteiger partial charge in [-0.25, -0.2) is 4.79 Å². The molecule has 0 aromatic carbocycles. The standard InChI is InChI=1S/C11H23NO3/c1-6-7-12-11(4,10(13)14-5)8-15-9(2)3/h9,12H,6-8H2,1-5H3. The Balaban J connectivity index is 4.33. The molecule has 0 rings (SSSR count). The van der Waals surface area contributed by atoms with Gasteiger partial charge >= 0.3 is 5.97 Å². The van der Waals surface area contributed by atoms with Gasteiger partial charge in [0, 0.05) is 0 Å². The number of carbonyl (C=O) groups excluding carboxylic acids is 1. The highest BCUT2D eigenvalue weighted by Crippen LogP contribution is 2.08. The van der Waals surface area contributed by atoms with Crippen LogP contribution in [-0.2, 0) is 14.3 Å². The van der Waals surface area contributed by atoms with Crippen LogP contribution in [0.25, 0.3) is 0 Å². The SMILES string of the molecule is CCCNC(C)(COC(C)C)C(=O)OC. The molecule has 0 saturated heterocycles. The Morgan fingerprint density at radius 1 is 1.47 bits per heavy atom. The van der Waals surface area contributed by atoms with E-state index in [-0.39, 0.29) is 12.1 Å². The molecule has 4 nitrogen and oxygen atoms in total. The fourth-order valence-electron chi connectivity index (χ4n) is 1.14. The zero-order chi connectivity index (χ0) is 11.9. The van der Waals surface area contributed by atoms with E-state index < -0.39 is 5.54 Å². The van der Waals surface area contributed by atoms with Gasteiger partial charge in [0.15, 0.2) is 0 Å². The Labute approximate surface area is 92.3 Å². The van der Waals surface area contributed by atoms with Crippen LogP contribution in [0.15, 0.2) is 0 Å². The molecule has 0 amide bonds. The number of carbonyl (C=O) groups is 1. The minimum atomic E-state index is -0.741. The number of methoxy groups -OCH3 is 1. The second-order valence-electron chi connectivity index (χ2n) is 4.11. The highest BCUT2D eigenvalue weighted by atomic mass is 16.5. The van der Waals surface area contributed by atoms with Crippen molar-refractivity contribution in [2.75, 3.05) is 20.3 Å². The van der Waals surface area contributed by atoms with Crippen LogP contribution in [0.4, 0.5) is 0 Å². The lowest BCUT2D eigenvalue weighted by molar-refractivity contribution is -0.151. The summed E-state index contributed by atoms with van der Waals surface area (Å²) in [7, 11) is 1.39. The number of rotatable bonds is 7. The highest BCUT2D eigenvalue weighted by molar-refractivity contribution is 5.80. The van der Waals surface area contributed by atoms with Crippen molar-refractivity contribution in [1.82, 2.24) is 5.32 Å². The maximum atomic E-state index is 11.6. The summed E-state index contributed by atoms with van der Waals surface area (Å²) in [5.74, 6) is -0.281. The predicted octanol–water partition coefficient (Wildman–Crippen LogP) is 1.34. The second-order valence-corrected chi connectivity index (χ2v) is 4.11. The second kappa shape index (κ2) is 6.80. The highest BCUT2D eigenvalue weighted by Gasteiger charge is 2.34. The van der Waals surface area contributed by atoms with Gasteiger partial charge in [-0.2, -0.15) is 0 Å². The molecule has 0 aliphatic carbocycles. The molecular weight excluding hydrogens is 194 g/mol. The number of ether oxygens (including phenoxy) is 2. The number of nitrogens with one attached hydrogen (secondary N) is 1. The largest absolute Gasteiger partial charge is 0.468 e. The lowest BCUT2D eigenvalue weighted by atomic mass is 10.0.